The van der Waals surface area contributed by atoms with Gasteiger partial charge in [0.25, 0.3) is 0 Å². The number of nitrogens with zero attached hydrogens (tertiary/aromatic N) is 5. The molecule has 1 aromatic heterocycles. The number of Topliss-reactive ketones (excluding diaryl/α,β-unsaturated/α-hetero) is 1. The summed E-state index contributed by atoms with van der Waals surface area (Å²) in [7, 11) is 5.41. The van der Waals surface area contributed by atoms with Gasteiger partial charge in [0, 0.05) is 42.2 Å². The van der Waals surface area contributed by atoms with Crippen molar-refractivity contribution in [2.75, 3.05) is 41.0 Å². The monoisotopic (exact) mass is 854 g/mol. The standard InChI is InChI=1S/C46H71N5O10/c1-13-36-46(9)40-28(5)37(49(14-2)25-50(51(40)44(55)61-46)21-15-16-31-19-20-47-34-23-32(57-12)17-18-33(31)34)26(3)24-45(8,56)41(29(6)38(52)30(7)42(54)59-36)60-43-39(53)35(48(10)11)22-27(4)58-43/h17-20,23,26-30,35-37,39-41,43,53,56H,13-16,21-22,24-25H2,1-12H3/t26-,27-,28+,29+,30-,35+,36-,37?,39-,40-,41-,43+,45+,46-/m1/s1. The fraction of sp³-hybridized carbons (Fsp3) is 0.739. The summed E-state index contributed by atoms with van der Waals surface area (Å²) in [4.78, 5) is 51.7. The van der Waals surface area contributed by atoms with Gasteiger partial charge in [-0.3, -0.25) is 19.5 Å². The number of hydrogen-bond acceptors (Lipinski definition) is 14. The molecule has 2 bridgehead atoms. The van der Waals surface area contributed by atoms with Gasteiger partial charge in [-0.1, -0.05) is 34.6 Å². The first-order chi connectivity index (χ1) is 28.8. The second-order valence-corrected chi connectivity index (χ2v) is 18.8. The van der Waals surface area contributed by atoms with E-state index >= 15 is 0 Å². The Labute approximate surface area is 361 Å². The maximum Gasteiger partial charge on any atom is 0.425 e. The molecule has 14 atom stereocenters. The van der Waals surface area contributed by atoms with Gasteiger partial charge >= 0.3 is 12.1 Å². The third-order valence-corrected chi connectivity index (χ3v) is 14.2. The predicted molar refractivity (Wildman–Crippen MR) is 229 cm³/mol. The number of hydrazine groups is 1. The number of amides is 1. The van der Waals surface area contributed by atoms with Crippen LogP contribution in [0.5, 0.6) is 5.75 Å². The normalized spacial score (nSPS) is 38.3. The van der Waals surface area contributed by atoms with Gasteiger partial charge in [-0.2, -0.15) is 0 Å². The van der Waals surface area contributed by atoms with Crippen molar-refractivity contribution in [2.45, 2.75) is 154 Å². The van der Waals surface area contributed by atoms with Crippen molar-refractivity contribution in [3.63, 3.8) is 0 Å². The van der Waals surface area contributed by atoms with E-state index in [9.17, 15) is 24.6 Å². The number of aromatic nitrogens is 1. The molecule has 340 valence electrons. The van der Waals surface area contributed by atoms with Crippen LogP contribution >= 0.6 is 0 Å². The van der Waals surface area contributed by atoms with Crippen molar-refractivity contribution in [2.24, 2.45) is 23.7 Å². The molecule has 0 radical (unpaired) electrons. The summed E-state index contributed by atoms with van der Waals surface area (Å²) >= 11 is 0. The Morgan fingerprint density at radius 2 is 1.77 bits per heavy atom. The van der Waals surface area contributed by atoms with Gasteiger partial charge in [0.1, 0.15) is 23.9 Å². The maximum atomic E-state index is 14.4. The van der Waals surface area contributed by atoms with Crippen LogP contribution in [0.1, 0.15) is 93.6 Å². The van der Waals surface area contributed by atoms with Gasteiger partial charge in [0.05, 0.1) is 43.1 Å². The molecule has 15 nitrogen and oxygen atoms in total. The molecular weight excluding hydrogens is 783 g/mol. The summed E-state index contributed by atoms with van der Waals surface area (Å²) < 4.78 is 30.9. The van der Waals surface area contributed by atoms with E-state index in [2.05, 4.69) is 35.7 Å². The molecule has 1 aromatic carbocycles. The molecule has 1 unspecified atom stereocenters. The highest BCUT2D eigenvalue weighted by molar-refractivity contribution is 6.00. The Balaban J connectivity index is 1.38. The zero-order chi connectivity index (χ0) is 44.7. The molecule has 4 fully saturated rings. The number of cyclic esters (lactones) is 1. The van der Waals surface area contributed by atoms with E-state index in [1.165, 1.54) is 6.92 Å². The number of fused-ring (bicyclic) bond motifs is 2. The van der Waals surface area contributed by atoms with E-state index in [0.29, 0.717) is 39.0 Å². The smallest absolute Gasteiger partial charge is 0.425 e. The van der Waals surface area contributed by atoms with E-state index in [1.54, 1.807) is 26.0 Å². The molecule has 0 saturated carbocycles. The van der Waals surface area contributed by atoms with E-state index in [4.69, 9.17) is 23.7 Å². The van der Waals surface area contributed by atoms with Gasteiger partial charge in [0.2, 0.25) is 0 Å². The summed E-state index contributed by atoms with van der Waals surface area (Å²) in [5.41, 5.74) is -0.930. The van der Waals surface area contributed by atoms with Crippen molar-refractivity contribution >= 4 is 28.7 Å². The minimum atomic E-state index is -1.64. The minimum Gasteiger partial charge on any atom is -0.497 e. The molecule has 0 spiro atoms. The average Bonchev–Trinajstić information content (AvgIpc) is 3.41. The van der Waals surface area contributed by atoms with E-state index in [-0.39, 0.29) is 36.4 Å². The molecule has 0 aliphatic carbocycles. The summed E-state index contributed by atoms with van der Waals surface area (Å²) in [6, 6.07) is 6.86. The van der Waals surface area contributed by atoms with Crippen LogP contribution in [-0.4, -0.2) is 154 Å². The summed E-state index contributed by atoms with van der Waals surface area (Å²) in [6.07, 6.45) is -0.641. The number of ketones is 1. The highest BCUT2D eigenvalue weighted by atomic mass is 16.7. The second-order valence-electron chi connectivity index (χ2n) is 18.8. The van der Waals surface area contributed by atoms with Crippen molar-refractivity contribution in [3.8, 4) is 5.75 Å². The van der Waals surface area contributed by atoms with E-state index in [0.717, 1.165) is 28.6 Å². The SMILES string of the molecule is CC[C@H]1OC(=O)[C@H](C)C(=O)[C@H](C)[C@@H](O[C@@H]2O[C@H](C)C[C@H](N(C)C)[C@H]2O)[C@@](C)(O)C[C@@H](C)C2[C@H](C)[C@H]3N(C(=O)O[C@]13C)N(CCCc1ccnc3cc(OC)ccc13)CN2CC. The Bertz CT molecular complexity index is 1880. The molecule has 1 amide bonds. The van der Waals surface area contributed by atoms with Crippen LogP contribution in [0.15, 0.2) is 30.5 Å². The second kappa shape index (κ2) is 18.7. The van der Waals surface area contributed by atoms with Gasteiger partial charge in [0.15, 0.2) is 17.7 Å². The molecule has 4 saturated heterocycles. The summed E-state index contributed by atoms with van der Waals surface area (Å²) in [5, 5.41) is 29.1. The van der Waals surface area contributed by atoms with Crippen molar-refractivity contribution in [1.29, 1.82) is 0 Å². The number of ether oxygens (including phenoxy) is 5. The van der Waals surface area contributed by atoms with Crippen LogP contribution in [0.4, 0.5) is 4.79 Å². The molecule has 61 heavy (non-hydrogen) atoms. The minimum absolute atomic E-state index is 0.199. The first-order valence-corrected chi connectivity index (χ1v) is 22.3. The van der Waals surface area contributed by atoms with Crippen LogP contribution in [0, 0.1) is 23.7 Å². The summed E-state index contributed by atoms with van der Waals surface area (Å²) in [5.74, 6) is -3.16. The van der Waals surface area contributed by atoms with Gasteiger partial charge in [-0.15, -0.1) is 0 Å². The van der Waals surface area contributed by atoms with Crippen molar-refractivity contribution < 1.29 is 48.3 Å². The molecule has 4 aliphatic rings. The highest BCUT2D eigenvalue weighted by Crippen LogP contribution is 2.47. The zero-order valence-electron chi connectivity index (χ0n) is 38.4. The molecule has 2 N–H and O–H groups in total. The Hall–Kier alpha value is -3.44. The first kappa shape index (κ1) is 47.0. The Kier molecular flexibility index (Phi) is 14.4. The van der Waals surface area contributed by atoms with Crippen LogP contribution in [-0.2, 0) is 35.0 Å². The topological polar surface area (TPSA) is 164 Å². The summed E-state index contributed by atoms with van der Waals surface area (Å²) in [6.45, 7) is 18.4. The van der Waals surface area contributed by atoms with Crippen LogP contribution < -0.4 is 4.74 Å². The number of carbonyl (C=O) groups is 3. The van der Waals surface area contributed by atoms with E-state index in [1.807, 2.05) is 70.2 Å². The van der Waals surface area contributed by atoms with Crippen LogP contribution in [0.3, 0.4) is 0 Å². The lowest BCUT2D eigenvalue weighted by atomic mass is 9.71. The van der Waals surface area contributed by atoms with Gasteiger partial charge in [-0.25, -0.2) is 14.8 Å². The van der Waals surface area contributed by atoms with Crippen LogP contribution in [0.2, 0.25) is 0 Å². The van der Waals surface area contributed by atoms with Crippen LogP contribution in [0.25, 0.3) is 10.9 Å². The van der Waals surface area contributed by atoms with Gasteiger partial charge in [-0.05, 0) is 116 Å². The number of hydrogen-bond donors (Lipinski definition) is 2. The lowest BCUT2D eigenvalue weighted by molar-refractivity contribution is -0.293. The third-order valence-electron chi connectivity index (χ3n) is 14.2. The molecule has 4 aliphatic heterocycles. The zero-order valence-corrected chi connectivity index (χ0v) is 38.4. The average molecular weight is 854 g/mol. The number of esters is 1. The lowest BCUT2D eigenvalue weighted by Gasteiger charge is -2.48. The number of pyridine rings is 1. The largest absolute Gasteiger partial charge is 0.497 e. The number of rotatable bonds is 10. The fourth-order valence-corrected chi connectivity index (χ4v) is 11.2. The van der Waals surface area contributed by atoms with Gasteiger partial charge < -0.3 is 38.8 Å². The molecule has 15 heteroatoms. The maximum absolute atomic E-state index is 14.4. The third kappa shape index (κ3) is 9.16. The first-order valence-electron chi connectivity index (χ1n) is 22.3. The number of aryl methyl sites for hydroxylation is 1. The number of benzene rings is 1. The fourth-order valence-electron chi connectivity index (χ4n) is 11.2. The number of aliphatic hydroxyl groups excluding tert-OH is 1. The van der Waals surface area contributed by atoms with Crippen molar-refractivity contribution in [3.05, 3.63) is 36.0 Å². The molecular formula is C46H71N5O10. The molecule has 6 rings (SSSR count). The number of aliphatic hydroxyl groups is 2. The number of likely N-dealkylation sites (N-methyl/N-ethyl adjacent to an activating group) is 1. The van der Waals surface area contributed by atoms with E-state index < -0.39 is 71.5 Å². The highest BCUT2D eigenvalue weighted by Gasteiger charge is 2.63. The quantitative estimate of drug-likeness (QED) is 0.242. The lowest BCUT2D eigenvalue weighted by Crippen LogP contribution is -2.61. The Morgan fingerprint density at radius 1 is 1.05 bits per heavy atom. The molecule has 2 aromatic rings. The van der Waals surface area contributed by atoms with Crippen molar-refractivity contribution in [1.82, 2.24) is 24.8 Å². The predicted octanol–water partition coefficient (Wildman–Crippen LogP) is 5.04. The number of carbonyl (C=O) groups excluding carboxylic acids is 3. The Morgan fingerprint density at radius 3 is 2.43 bits per heavy atom. The number of methoxy groups -OCH3 is 1. The molecule has 5 heterocycles.